The topological polar surface area (TPSA) is 35.6 Å². The van der Waals surface area contributed by atoms with E-state index in [-0.39, 0.29) is 11.9 Å². The predicted molar refractivity (Wildman–Crippen MR) is 108 cm³/mol. The molecular weight excluding hydrogens is 369 g/mol. The Balaban J connectivity index is 1.47. The van der Waals surface area contributed by atoms with Gasteiger partial charge in [-0.3, -0.25) is 9.69 Å². The van der Waals surface area contributed by atoms with Crippen LogP contribution in [0.3, 0.4) is 0 Å². The maximum atomic E-state index is 12.4. The number of hydrogen-bond donors (Lipinski definition) is 1. The number of nitrogens with zero attached hydrogens (tertiary/aromatic N) is 2. The summed E-state index contributed by atoms with van der Waals surface area (Å²) in [7, 11) is 0. The van der Waals surface area contributed by atoms with E-state index >= 15 is 0 Å². The molecule has 26 heavy (non-hydrogen) atoms. The van der Waals surface area contributed by atoms with Crippen LogP contribution in [0.5, 0.6) is 0 Å². The second-order valence-corrected chi connectivity index (χ2v) is 7.46. The molecule has 1 amide bonds. The first kappa shape index (κ1) is 19.0. The number of benzene rings is 2. The SMILES string of the molecule is C[C@@H](NC(=O)CN1CCN(c2cccc(Cl)c2)CC1)c1cccc(Cl)c1. The average molecular weight is 392 g/mol. The Morgan fingerprint density at radius 1 is 1.04 bits per heavy atom. The van der Waals surface area contributed by atoms with Gasteiger partial charge in [0.1, 0.15) is 0 Å². The number of carbonyl (C=O) groups excluding carboxylic acids is 1. The van der Waals surface area contributed by atoms with E-state index in [0.717, 1.165) is 42.5 Å². The van der Waals surface area contributed by atoms with Crippen LogP contribution in [-0.2, 0) is 4.79 Å². The fraction of sp³-hybridized carbons (Fsp3) is 0.350. The zero-order valence-electron chi connectivity index (χ0n) is 14.8. The van der Waals surface area contributed by atoms with Crippen molar-refractivity contribution in [2.24, 2.45) is 0 Å². The minimum absolute atomic E-state index is 0.0358. The van der Waals surface area contributed by atoms with Gasteiger partial charge in [0.05, 0.1) is 12.6 Å². The van der Waals surface area contributed by atoms with Crippen LogP contribution >= 0.6 is 23.2 Å². The molecular formula is C20H23Cl2N3O. The van der Waals surface area contributed by atoms with Crippen molar-refractivity contribution in [1.82, 2.24) is 10.2 Å². The molecule has 0 spiro atoms. The average Bonchev–Trinajstić information content (AvgIpc) is 2.62. The number of anilines is 1. The van der Waals surface area contributed by atoms with Crippen molar-refractivity contribution in [2.45, 2.75) is 13.0 Å². The lowest BCUT2D eigenvalue weighted by atomic mass is 10.1. The monoisotopic (exact) mass is 391 g/mol. The van der Waals surface area contributed by atoms with Gasteiger partial charge in [-0.2, -0.15) is 0 Å². The minimum atomic E-state index is -0.0612. The quantitative estimate of drug-likeness (QED) is 0.836. The summed E-state index contributed by atoms with van der Waals surface area (Å²) in [4.78, 5) is 16.8. The lowest BCUT2D eigenvalue weighted by molar-refractivity contribution is -0.123. The van der Waals surface area contributed by atoms with Crippen LogP contribution in [0.15, 0.2) is 48.5 Å². The zero-order valence-corrected chi connectivity index (χ0v) is 16.3. The summed E-state index contributed by atoms with van der Waals surface area (Å²) in [6.07, 6.45) is 0. The molecule has 0 saturated carbocycles. The normalized spacial score (nSPS) is 16.3. The van der Waals surface area contributed by atoms with Gasteiger partial charge in [0.25, 0.3) is 0 Å². The molecule has 1 aliphatic rings. The molecule has 1 fully saturated rings. The summed E-state index contributed by atoms with van der Waals surface area (Å²) in [6.45, 7) is 5.86. The molecule has 1 N–H and O–H groups in total. The number of carbonyl (C=O) groups is 1. The Morgan fingerprint density at radius 2 is 1.69 bits per heavy atom. The second-order valence-electron chi connectivity index (χ2n) is 6.59. The van der Waals surface area contributed by atoms with Gasteiger partial charge in [0.15, 0.2) is 0 Å². The van der Waals surface area contributed by atoms with E-state index in [4.69, 9.17) is 23.2 Å². The molecule has 2 aromatic rings. The summed E-state index contributed by atoms with van der Waals surface area (Å²) in [6, 6.07) is 15.4. The maximum absolute atomic E-state index is 12.4. The summed E-state index contributed by atoms with van der Waals surface area (Å²) >= 11 is 12.1. The molecule has 1 saturated heterocycles. The molecule has 138 valence electrons. The van der Waals surface area contributed by atoms with Gasteiger partial charge in [-0.15, -0.1) is 0 Å². The summed E-state index contributed by atoms with van der Waals surface area (Å²) in [5, 5.41) is 4.48. The van der Waals surface area contributed by atoms with Crippen molar-refractivity contribution in [3.63, 3.8) is 0 Å². The fourth-order valence-electron chi connectivity index (χ4n) is 3.19. The second kappa shape index (κ2) is 8.76. The predicted octanol–water partition coefficient (Wildman–Crippen LogP) is 3.99. The summed E-state index contributed by atoms with van der Waals surface area (Å²) in [5.41, 5.74) is 2.15. The van der Waals surface area contributed by atoms with Crippen LogP contribution in [0.2, 0.25) is 10.0 Å². The lowest BCUT2D eigenvalue weighted by Crippen LogP contribution is -2.49. The van der Waals surface area contributed by atoms with Crippen molar-refractivity contribution in [3.05, 3.63) is 64.1 Å². The summed E-state index contributed by atoms with van der Waals surface area (Å²) < 4.78 is 0. The molecule has 4 nitrogen and oxygen atoms in total. The molecule has 1 heterocycles. The van der Waals surface area contributed by atoms with Crippen molar-refractivity contribution in [3.8, 4) is 0 Å². The van der Waals surface area contributed by atoms with Crippen LogP contribution in [0.4, 0.5) is 5.69 Å². The van der Waals surface area contributed by atoms with Crippen molar-refractivity contribution in [2.75, 3.05) is 37.6 Å². The first-order valence-corrected chi connectivity index (χ1v) is 9.54. The number of rotatable bonds is 5. The van der Waals surface area contributed by atoms with Crippen molar-refractivity contribution in [1.29, 1.82) is 0 Å². The van der Waals surface area contributed by atoms with E-state index < -0.39 is 0 Å². The number of nitrogens with one attached hydrogen (secondary N) is 1. The molecule has 1 aliphatic heterocycles. The van der Waals surface area contributed by atoms with Gasteiger partial charge in [0, 0.05) is 41.9 Å². The first-order valence-electron chi connectivity index (χ1n) is 8.79. The van der Waals surface area contributed by atoms with Gasteiger partial charge < -0.3 is 10.2 Å². The maximum Gasteiger partial charge on any atom is 0.234 e. The Labute approximate surface area is 164 Å². The van der Waals surface area contributed by atoms with Gasteiger partial charge in [-0.25, -0.2) is 0 Å². The van der Waals surface area contributed by atoms with Gasteiger partial charge >= 0.3 is 0 Å². The Hall–Kier alpha value is -1.75. The Kier molecular flexibility index (Phi) is 6.41. The van der Waals surface area contributed by atoms with E-state index in [0.29, 0.717) is 11.6 Å². The Morgan fingerprint density at radius 3 is 2.35 bits per heavy atom. The molecule has 2 aromatic carbocycles. The molecule has 1 atom stereocenters. The zero-order chi connectivity index (χ0) is 18.5. The smallest absolute Gasteiger partial charge is 0.234 e. The van der Waals surface area contributed by atoms with Crippen molar-refractivity contribution < 1.29 is 4.79 Å². The van der Waals surface area contributed by atoms with Crippen LogP contribution in [-0.4, -0.2) is 43.5 Å². The van der Waals surface area contributed by atoms with E-state index in [1.165, 1.54) is 0 Å². The highest BCUT2D eigenvalue weighted by atomic mass is 35.5. The molecule has 0 radical (unpaired) electrons. The van der Waals surface area contributed by atoms with Crippen LogP contribution in [0.1, 0.15) is 18.5 Å². The van der Waals surface area contributed by atoms with Crippen LogP contribution in [0.25, 0.3) is 0 Å². The van der Waals surface area contributed by atoms with Gasteiger partial charge in [-0.1, -0.05) is 41.4 Å². The molecule has 0 aliphatic carbocycles. The largest absolute Gasteiger partial charge is 0.369 e. The van der Waals surface area contributed by atoms with Gasteiger partial charge in [0.2, 0.25) is 5.91 Å². The highest BCUT2D eigenvalue weighted by Crippen LogP contribution is 2.21. The molecule has 0 bridgehead atoms. The summed E-state index contributed by atoms with van der Waals surface area (Å²) in [5.74, 6) is 0.0358. The standard InChI is InChI=1S/C20H23Cl2N3O/c1-15(16-4-2-5-17(21)12-16)23-20(26)14-24-8-10-25(11-9-24)19-7-3-6-18(22)13-19/h2-7,12-13,15H,8-11,14H2,1H3,(H,23,26)/t15-/m1/s1. The third-order valence-electron chi connectivity index (χ3n) is 4.64. The molecule has 0 unspecified atom stereocenters. The third-order valence-corrected chi connectivity index (χ3v) is 5.11. The highest BCUT2D eigenvalue weighted by Gasteiger charge is 2.20. The lowest BCUT2D eigenvalue weighted by Gasteiger charge is -2.36. The molecule has 3 rings (SSSR count). The molecule has 6 heteroatoms. The fourth-order valence-corrected chi connectivity index (χ4v) is 3.57. The van der Waals surface area contributed by atoms with E-state index in [2.05, 4.69) is 21.2 Å². The van der Waals surface area contributed by atoms with Crippen LogP contribution < -0.4 is 10.2 Å². The highest BCUT2D eigenvalue weighted by molar-refractivity contribution is 6.31. The minimum Gasteiger partial charge on any atom is -0.369 e. The number of halogens is 2. The van der Waals surface area contributed by atoms with E-state index in [1.807, 2.05) is 49.4 Å². The van der Waals surface area contributed by atoms with Gasteiger partial charge in [-0.05, 0) is 42.8 Å². The number of amides is 1. The van der Waals surface area contributed by atoms with Crippen LogP contribution in [0, 0.1) is 0 Å². The number of hydrogen-bond acceptors (Lipinski definition) is 3. The Bertz CT molecular complexity index is 760. The first-order chi connectivity index (χ1) is 12.5. The van der Waals surface area contributed by atoms with Crippen molar-refractivity contribution >= 4 is 34.8 Å². The third kappa shape index (κ3) is 5.13. The number of piperazine rings is 1. The van der Waals surface area contributed by atoms with E-state index in [9.17, 15) is 4.79 Å². The molecule has 0 aromatic heterocycles. The van der Waals surface area contributed by atoms with E-state index in [1.54, 1.807) is 0 Å².